The van der Waals surface area contributed by atoms with Crippen LogP contribution in [-0.4, -0.2) is 28.4 Å². The molecule has 0 bridgehead atoms. The highest BCUT2D eigenvalue weighted by molar-refractivity contribution is 5.86. The minimum atomic E-state index is -0.151. The maximum atomic E-state index is 11.6. The molecule has 0 amide bonds. The van der Waals surface area contributed by atoms with Gasteiger partial charge in [-0.05, 0) is 0 Å². The van der Waals surface area contributed by atoms with Crippen molar-refractivity contribution in [1.29, 1.82) is 0 Å². The molecule has 0 aliphatic carbocycles. The van der Waals surface area contributed by atoms with E-state index in [2.05, 4.69) is 4.98 Å². The summed E-state index contributed by atoms with van der Waals surface area (Å²) in [5, 5.41) is 0. The quantitative estimate of drug-likeness (QED) is 0.606. The molecule has 5 nitrogen and oxygen atoms in total. The van der Waals surface area contributed by atoms with E-state index in [1.807, 2.05) is 0 Å². The molecule has 1 aliphatic heterocycles. The Hall–Kier alpha value is -1.65. The number of ketones is 1. The molecule has 1 aliphatic rings. The Kier molecular flexibility index (Phi) is 2.07. The van der Waals surface area contributed by atoms with Gasteiger partial charge >= 0.3 is 0 Å². The standard InChI is InChI=1S/C9H11N3O2/c1-11-5-3-10-8(9(11)14)12-4-2-7(13)6-12/h3,5H,2,4,6H2,1H3. The first kappa shape index (κ1) is 8.93. The van der Waals surface area contributed by atoms with Crippen LogP contribution >= 0.6 is 0 Å². The molecule has 5 heteroatoms. The Morgan fingerprint density at radius 2 is 2.21 bits per heavy atom. The van der Waals surface area contributed by atoms with Crippen molar-refractivity contribution in [2.75, 3.05) is 18.0 Å². The van der Waals surface area contributed by atoms with Crippen LogP contribution in [0.5, 0.6) is 0 Å². The zero-order chi connectivity index (χ0) is 10.1. The van der Waals surface area contributed by atoms with Crippen LogP contribution in [0.25, 0.3) is 0 Å². The molecule has 2 rings (SSSR count). The average Bonchev–Trinajstić information content (AvgIpc) is 2.57. The zero-order valence-corrected chi connectivity index (χ0v) is 7.93. The molecule has 1 aromatic rings. The van der Waals surface area contributed by atoms with E-state index < -0.39 is 0 Å². The lowest BCUT2D eigenvalue weighted by molar-refractivity contribution is -0.116. The molecule has 1 fully saturated rings. The second-order valence-corrected chi connectivity index (χ2v) is 3.38. The summed E-state index contributed by atoms with van der Waals surface area (Å²) in [6, 6.07) is 0. The molecule has 0 N–H and O–H groups in total. The Morgan fingerprint density at radius 1 is 1.43 bits per heavy atom. The zero-order valence-electron chi connectivity index (χ0n) is 7.93. The van der Waals surface area contributed by atoms with Crippen molar-refractivity contribution in [3.63, 3.8) is 0 Å². The third kappa shape index (κ3) is 1.41. The van der Waals surface area contributed by atoms with Crippen LogP contribution in [0.3, 0.4) is 0 Å². The number of hydrogen-bond donors (Lipinski definition) is 0. The van der Waals surface area contributed by atoms with Crippen molar-refractivity contribution in [2.24, 2.45) is 7.05 Å². The molecule has 74 valence electrons. The Labute approximate surface area is 81.0 Å². The maximum Gasteiger partial charge on any atom is 0.293 e. The first-order chi connectivity index (χ1) is 6.68. The number of carbonyl (C=O) groups excluding carboxylic acids is 1. The smallest absolute Gasteiger partial charge is 0.293 e. The molecular weight excluding hydrogens is 182 g/mol. The summed E-state index contributed by atoms with van der Waals surface area (Å²) in [7, 11) is 1.67. The number of anilines is 1. The van der Waals surface area contributed by atoms with Crippen LogP contribution in [-0.2, 0) is 11.8 Å². The molecule has 0 radical (unpaired) electrons. The summed E-state index contributed by atoms with van der Waals surface area (Å²) >= 11 is 0. The lowest BCUT2D eigenvalue weighted by Crippen LogP contribution is -2.30. The van der Waals surface area contributed by atoms with E-state index >= 15 is 0 Å². The first-order valence-electron chi connectivity index (χ1n) is 4.47. The third-order valence-electron chi connectivity index (χ3n) is 2.33. The second kappa shape index (κ2) is 3.25. The van der Waals surface area contributed by atoms with Gasteiger partial charge in [0.2, 0.25) is 0 Å². The van der Waals surface area contributed by atoms with Crippen molar-refractivity contribution in [1.82, 2.24) is 9.55 Å². The predicted molar refractivity (Wildman–Crippen MR) is 51.3 cm³/mol. The monoisotopic (exact) mass is 193 g/mol. The lowest BCUT2D eigenvalue weighted by Gasteiger charge is -2.14. The lowest BCUT2D eigenvalue weighted by atomic mass is 10.4. The van der Waals surface area contributed by atoms with Crippen LogP contribution in [0.15, 0.2) is 17.2 Å². The average molecular weight is 193 g/mol. The van der Waals surface area contributed by atoms with Crippen molar-refractivity contribution < 1.29 is 4.79 Å². The van der Waals surface area contributed by atoms with E-state index in [0.717, 1.165) is 0 Å². The van der Waals surface area contributed by atoms with Crippen LogP contribution < -0.4 is 10.5 Å². The van der Waals surface area contributed by atoms with Gasteiger partial charge in [-0.25, -0.2) is 4.98 Å². The topological polar surface area (TPSA) is 55.2 Å². The number of aromatic nitrogens is 2. The normalized spacial score (nSPS) is 16.4. The van der Waals surface area contributed by atoms with Crippen LogP contribution in [0.4, 0.5) is 5.82 Å². The number of Topliss-reactive ketones (excluding diaryl/α,β-unsaturated/α-hetero) is 1. The van der Waals surface area contributed by atoms with Crippen molar-refractivity contribution in [2.45, 2.75) is 6.42 Å². The molecule has 1 aromatic heterocycles. The summed E-state index contributed by atoms with van der Waals surface area (Å²) < 4.78 is 1.46. The largest absolute Gasteiger partial charge is 0.344 e. The van der Waals surface area contributed by atoms with Gasteiger partial charge in [0.25, 0.3) is 5.56 Å². The van der Waals surface area contributed by atoms with Crippen molar-refractivity contribution in [3.8, 4) is 0 Å². The van der Waals surface area contributed by atoms with Gasteiger partial charge in [0.05, 0.1) is 6.54 Å². The predicted octanol–water partition coefficient (Wildman–Crippen LogP) is -0.441. The molecule has 0 spiro atoms. The van der Waals surface area contributed by atoms with Gasteiger partial charge in [0.1, 0.15) is 0 Å². The molecule has 1 saturated heterocycles. The number of aryl methyl sites for hydroxylation is 1. The summed E-state index contributed by atoms with van der Waals surface area (Å²) in [5.41, 5.74) is -0.151. The van der Waals surface area contributed by atoms with Gasteiger partial charge in [0.15, 0.2) is 11.6 Å². The van der Waals surface area contributed by atoms with Gasteiger partial charge in [-0.1, -0.05) is 0 Å². The van der Waals surface area contributed by atoms with E-state index in [9.17, 15) is 9.59 Å². The Balaban J connectivity index is 2.37. The number of nitrogens with zero attached hydrogens (tertiary/aromatic N) is 3. The van der Waals surface area contributed by atoms with Crippen LogP contribution in [0, 0.1) is 0 Å². The SMILES string of the molecule is Cn1ccnc(N2CCC(=O)C2)c1=O. The number of hydrogen-bond acceptors (Lipinski definition) is 4. The van der Waals surface area contributed by atoms with E-state index in [1.165, 1.54) is 4.57 Å². The van der Waals surface area contributed by atoms with E-state index in [0.29, 0.717) is 25.3 Å². The fourth-order valence-electron chi connectivity index (χ4n) is 1.51. The van der Waals surface area contributed by atoms with E-state index in [4.69, 9.17) is 0 Å². The summed E-state index contributed by atoms with van der Waals surface area (Å²) in [5.74, 6) is 0.540. The van der Waals surface area contributed by atoms with E-state index in [1.54, 1.807) is 24.3 Å². The van der Waals surface area contributed by atoms with Crippen molar-refractivity contribution in [3.05, 3.63) is 22.7 Å². The second-order valence-electron chi connectivity index (χ2n) is 3.38. The first-order valence-corrected chi connectivity index (χ1v) is 4.47. The van der Waals surface area contributed by atoms with Gasteiger partial charge in [-0.2, -0.15) is 0 Å². The fourth-order valence-corrected chi connectivity index (χ4v) is 1.51. The van der Waals surface area contributed by atoms with Gasteiger partial charge in [-0.3, -0.25) is 9.59 Å². The minimum absolute atomic E-state index is 0.151. The maximum absolute atomic E-state index is 11.6. The summed E-state index contributed by atoms with van der Waals surface area (Å²) in [6.07, 6.45) is 3.68. The highest BCUT2D eigenvalue weighted by Crippen LogP contribution is 2.10. The van der Waals surface area contributed by atoms with Crippen LogP contribution in [0.2, 0.25) is 0 Å². The Bertz CT molecular complexity index is 424. The Morgan fingerprint density at radius 3 is 2.86 bits per heavy atom. The summed E-state index contributed by atoms with van der Waals surface area (Å²) in [4.78, 5) is 28.4. The summed E-state index contributed by atoms with van der Waals surface area (Å²) in [6.45, 7) is 0.914. The number of rotatable bonds is 1. The molecule has 0 aromatic carbocycles. The van der Waals surface area contributed by atoms with E-state index in [-0.39, 0.29) is 11.3 Å². The molecule has 0 saturated carbocycles. The number of carbonyl (C=O) groups is 1. The highest BCUT2D eigenvalue weighted by atomic mass is 16.1. The van der Waals surface area contributed by atoms with Gasteiger partial charge < -0.3 is 9.47 Å². The fraction of sp³-hybridized carbons (Fsp3) is 0.444. The van der Waals surface area contributed by atoms with Crippen molar-refractivity contribution >= 4 is 11.6 Å². The molecule has 14 heavy (non-hydrogen) atoms. The molecule has 0 atom stereocenters. The molecule has 2 heterocycles. The van der Waals surface area contributed by atoms with Crippen LogP contribution in [0.1, 0.15) is 6.42 Å². The third-order valence-corrected chi connectivity index (χ3v) is 2.33. The molecule has 0 unspecified atom stereocenters. The van der Waals surface area contributed by atoms with Gasteiger partial charge in [0, 0.05) is 32.4 Å². The molecular formula is C9H11N3O2. The van der Waals surface area contributed by atoms with Gasteiger partial charge in [-0.15, -0.1) is 0 Å². The minimum Gasteiger partial charge on any atom is -0.344 e. The highest BCUT2D eigenvalue weighted by Gasteiger charge is 2.22.